The van der Waals surface area contributed by atoms with E-state index in [-0.39, 0.29) is 24.4 Å². The fraction of sp³-hybridized carbons (Fsp3) is 0.350. The molecule has 3 rings (SSSR count). The molecule has 0 aromatic heterocycles. The van der Waals surface area contributed by atoms with Gasteiger partial charge in [-0.25, -0.2) is 13.2 Å². The van der Waals surface area contributed by atoms with Crippen molar-refractivity contribution >= 4 is 5.91 Å². The third kappa shape index (κ3) is 5.23. The molecule has 2 aromatic rings. The van der Waals surface area contributed by atoms with Crippen molar-refractivity contribution in [2.24, 2.45) is 0 Å². The second-order valence-electron chi connectivity index (χ2n) is 6.42. The summed E-state index contributed by atoms with van der Waals surface area (Å²) in [6.07, 6.45) is 0.260. The van der Waals surface area contributed by atoms with Gasteiger partial charge in [0.15, 0.2) is 0 Å². The van der Waals surface area contributed by atoms with Gasteiger partial charge in [0, 0.05) is 50.3 Å². The predicted molar refractivity (Wildman–Crippen MR) is 94.7 cm³/mol. The Bertz CT molecular complexity index is 763. The lowest BCUT2D eigenvalue weighted by molar-refractivity contribution is -0.131. The SMILES string of the molecule is O=C1CCN(CCOc2ccccc2)CCN1Cc1c(F)cc(F)cc1F. The van der Waals surface area contributed by atoms with Crippen molar-refractivity contribution in [3.05, 3.63) is 65.5 Å². The number of carbonyl (C=O) groups is 1. The molecule has 0 N–H and O–H groups in total. The lowest BCUT2D eigenvalue weighted by Gasteiger charge is -2.22. The minimum Gasteiger partial charge on any atom is -0.492 e. The van der Waals surface area contributed by atoms with Gasteiger partial charge in [0.25, 0.3) is 0 Å². The van der Waals surface area contributed by atoms with Crippen LogP contribution >= 0.6 is 0 Å². The van der Waals surface area contributed by atoms with Crippen molar-refractivity contribution in [2.75, 3.05) is 32.8 Å². The van der Waals surface area contributed by atoms with Crippen LogP contribution in [0.5, 0.6) is 5.75 Å². The minimum absolute atomic E-state index is 0.176. The summed E-state index contributed by atoms with van der Waals surface area (Å²) in [4.78, 5) is 15.8. The molecular formula is C20H21F3N2O2. The van der Waals surface area contributed by atoms with Crippen LogP contribution in [0, 0.1) is 17.5 Å². The predicted octanol–water partition coefficient (Wildman–Crippen LogP) is 3.22. The molecule has 1 aliphatic rings. The largest absolute Gasteiger partial charge is 0.492 e. The van der Waals surface area contributed by atoms with E-state index in [1.807, 2.05) is 30.3 Å². The average Bonchev–Trinajstić information content (AvgIpc) is 2.81. The Kier molecular flexibility index (Phi) is 6.34. The van der Waals surface area contributed by atoms with Crippen molar-refractivity contribution < 1.29 is 22.7 Å². The maximum Gasteiger partial charge on any atom is 0.224 e. The zero-order valence-electron chi connectivity index (χ0n) is 14.8. The molecule has 1 fully saturated rings. The number of rotatable bonds is 6. The average molecular weight is 378 g/mol. The lowest BCUT2D eigenvalue weighted by Crippen LogP contribution is -2.34. The van der Waals surface area contributed by atoms with Crippen LogP contribution in [0.15, 0.2) is 42.5 Å². The highest BCUT2D eigenvalue weighted by molar-refractivity contribution is 5.76. The van der Waals surface area contributed by atoms with Crippen molar-refractivity contribution in [1.82, 2.24) is 9.80 Å². The molecular weight excluding hydrogens is 357 g/mol. The molecule has 0 unspecified atom stereocenters. The van der Waals surface area contributed by atoms with Crippen molar-refractivity contribution in [3.8, 4) is 5.75 Å². The second kappa shape index (κ2) is 8.90. The van der Waals surface area contributed by atoms with Gasteiger partial charge >= 0.3 is 0 Å². The highest BCUT2D eigenvalue weighted by Crippen LogP contribution is 2.18. The Labute approximate surface area is 156 Å². The van der Waals surface area contributed by atoms with Gasteiger partial charge < -0.3 is 9.64 Å². The Hall–Kier alpha value is -2.54. The fourth-order valence-electron chi connectivity index (χ4n) is 3.02. The minimum atomic E-state index is -0.974. The van der Waals surface area contributed by atoms with Gasteiger partial charge in [0.05, 0.1) is 6.54 Å². The van der Waals surface area contributed by atoms with Crippen molar-refractivity contribution in [1.29, 1.82) is 0 Å². The highest BCUT2D eigenvalue weighted by atomic mass is 19.1. The summed E-state index contributed by atoms with van der Waals surface area (Å²) >= 11 is 0. The van der Waals surface area contributed by atoms with Crippen LogP contribution in [-0.4, -0.2) is 48.5 Å². The molecule has 0 atom stereocenters. The number of nitrogens with zero attached hydrogens (tertiary/aromatic N) is 2. The first kappa shape index (κ1) is 19.2. The third-order valence-corrected chi connectivity index (χ3v) is 4.55. The summed E-state index contributed by atoms with van der Waals surface area (Å²) in [5, 5.41) is 0. The second-order valence-corrected chi connectivity index (χ2v) is 6.42. The van der Waals surface area contributed by atoms with E-state index >= 15 is 0 Å². The number of amides is 1. The number of benzene rings is 2. The molecule has 27 heavy (non-hydrogen) atoms. The summed E-state index contributed by atoms with van der Waals surface area (Å²) in [5.41, 5.74) is -0.286. The molecule has 1 saturated heterocycles. The molecule has 4 nitrogen and oxygen atoms in total. The lowest BCUT2D eigenvalue weighted by atomic mass is 10.1. The molecule has 0 bridgehead atoms. The van der Waals surface area contributed by atoms with E-state index in [2.05, 4.69) is 4.90 Å². The number of halogens is 3. The van der Waals surface area contributed by atoms with E-state index in [1.54, 1.807) is 0 Å². The van der Waals surface area contributed by atoms with Gasteiger partial charge in [-0.2, -0.15) is 0 Å². The van der Waals surface area contributed by atoms with Crippen molar-refractivity contribution in [2.45, 2.75) is 13.0 Å². The quantitative estimate of drug-likeness (QED) is 0.774. The van der Waals surface area contributed by atoms with E-state index in [0.717, 1.165) is 5.75 Å². The molecule has 0 spiro atoms. The van der Waals surface area contributed by atoms with Crippen molar-refractivity contribution in [3.63, 3.8) is 0 Å². The van der Waals surface area contributed by atoms with Gasteiger partial charge in [0.2, 0.25) is 5.91 Å². The summed E-state index contributed by atoms with van der Waals surface area (Å²) < 4.78 is 46.4. The zero-order valence-corrected chi connectivity index (χ0v) is 14.8. The van der Waals surface area contributed by atoms with Crippen LogP contribution in [0.25, 0.3) is 0 Å². The number of carbonyl (C=O) groups excluding carboxylic acids is 1. The topological polar surface area (TPSA) is 32.8 Å². The number of para-hydroxylation sites is 1. The normalized spacial score (nSPS) is 15.7. The van der Waals surface area contributed by atoms with Crippen LogP contribution < -0.4 is 4.74 Å². The molecule has 1 amide bonds. The van der Waals surface area contributed by atoms with Crippen LogP contribution in [0.3, 0.4) is 0 Å². The Morgan fingerprint density at radius 1 is 0.963 bits per heavy atom. The van der Waals surface area contributed by atoms with Gasteiger partial charge in [-0.05, 0) is 12.1 Å². The molecule has 1 heterocycles. The Morgan fingerprint density at radius 3 is 2.37 bits per heavy atom. The molecule has 2 aromatic carbocycles. The van der Waals surface area contributed by atoms with E-state index in [0.29, 0.717) is 44.9 Å². The standard InChI is InChI=1S/C20H21F3N2O2/c21-15-12-18(22)17(19(23)13-15)14-25-9-8-24(7-6-20(25)26)10-11-27-16-4-2-1-3-5-16/h1-5,12-13H,6-11,14H2. The van der Waals surface area contributed by atoms with Gasteiger partial charge in [-0.3, -0.25) is 9.69 Å². The number of hydrogen-bond acceptors (Lipinski definition) is 3. The zero-order chi connectivity index (χ0) is 19.2. The number of hydrogen-bond donors (Lipinski definition) is 0. The molecule has 0 aliphatic carbocycles. The fourth-order valence-corrected chi connectivity index (χ4v) is 3.02. The smallest absolute Gasteiger partial charge is 0.224 e. The van der Waals surface area contributed by atoms with Crippen LogP contribution in [0.1, 0.15) is 12.0 Å². The first-order chi connectivity index (χ1) is 13.0. The monoisotopic (exact) mass is 378 g/mol. The molecule has 144 valence electrons. The van der Waals surface area contributed by atoms with Gasteiger partial charge in [0.1, 0.15) is 29.8 Å². The van der Waals surface area contributed by atoms with Gasteiger partial charge in [-0.1, -0.05) is 18.2 Å². The molecule has 0 radical (unpaired) electrons. The number of ether oxygens (including phenoxy) is 1. The summed E-state index contributed by atoms with van der Waals surface area (Å²) in [7, 11) is 0. The maximum atomic E-state index is 13.9. The maximum absolute atomic E-state index is 13.9. The summed E-state index contributed by atoms with van der Waals surface area (Å²) in [6, 6.07) is 10.7. The van der Waals surface area contributed by atoms with Gasteiger partial charge in [-0.15, -0.1) is 0 Å². The highest BCUT2D eigenvalue weighted by Gasteiger charge is 2.23. The van der Waals surface area contributed by atoms with E-state index in [1.165, 1.54) is 4.90 Å². The van der Waals surface area contributed by atoms with E-state index < -0.39 is 17.5 Å². The van der Waals surface area contributed by atoms with E-state index in [4.69, 9.17) is 4.74 Å². The van der Waals surface area contributed by atoms with Crippen LogP contribution in [0.4, 0.5) is 13.2 Å². The Balaban J connectivity index is 1.54. The van der Waals surface area contributed by atoms with E-state index in [9.17, 15) is 18.0 Å². The molecule has 7 heteroatoms. The summed E-state index contributed by atoms with van der Waals surface area (Å²) in [6.45, 7) is 2.41. The first-order valence-corrected chi connectivity index (χ1v) is 8.84. The summed E-state index contributed by atoms with van der Waals surface area (Å²) in [5.74, 6) is -2.31. The molecule has 1 aliphatic heterocycles. The molecule has 0 saturated carbocycles. The Morgan fingerprint density at radius 2 is 1.67 bits per heavy atom. The first-order valence-electron chi connectivity index (χ1n) is 8.84. The van der Waals surface area contributed by atoms with Crippen LogP contribution in [0.2, 0.25) is 0 Å². The third-order valence-electron chi connectivity index (χ3n) is 4.55. The van der Waals surface area contributed by atoms with Crippen LogP contribution in [-0.2, 0) is 11.3 Å².